The third-order valence-corrected chi connectivity index (χ3v) is 4.69. The second-order valence-electron chi connectivity index (χ2n) is 6.13. The van der Waals surface area contributed by atoms with Crippen molar-refractivity contribution in [3.8, 4) is 11.4 Å². The number of nitrogens with one attached hydrogen (secondary N) is 2. The molecule has 1 heterocycles. The molecule has 30 heavy (non-hydrogen) atoms. The van der Waals surface area contributed by atoms with Crippen molar-refractivity contribution in [1.82, 2.24) is 20.1 Å². The third kappa shape index (κ3) is 4.90. The lowest BCUT2D eigenvalue weighted by Gasteiger charge is -2.08. The summed E-state index contributed by atoms with van der Waals surface area (Å²) in [7, 11) is 1.52. The van der Waals surface area contributed by atoms with Crippen LogP contribution in [0.4, 0.5) is 5.69 Å². The molecule has 3 rings (SSSR count). The molecule has 0 aliphatic heterocycles. The molecule has 0 spiro atoms. The van der Waals surface area contributed by atoms with Crippen LogP contribution in [-0.2, 0) is 11.2 Å². The average Bonchev–Trinajstić information content (AvgIpc) is 3.16. The van der Waals surface area contributed by atoms with Crippen LogP contribution in [0.2, 0.25) is 10.0 Å². The number of ether oxygens (including phenoxy) is 1. The van der Waals surface area contributed by atoms with Crippen LogP contribution in [0.25, 0.3) is 5.69 Å². The predicted octanol–water partition coefficient (Wildman–Crippen LogP) is 3.51. The summed E-state index contributed by atoms with van der Waals surface area (Å²) in [5, 5.41) is 10.3. The van der Waals surface area contributed by atoms with Crippen molar-refractivity contribution in [2.45, 2.75) is 13.3 Å². The van der Waals surface area contributed by atoms with E-state index in [9.17, 15) is 9.59 Å². The summed E-state index contributed by atoms with van der Waals surface area (Å²) >= 11 is 12.6. The quantitative estimate of drug-likeness (QED) is 0.577. The molecule has 0 unspecified atom stereocenters. The average molecular weight is 448 g/mol. The molecule has 0 saturated heterocycles. The highest BCUT2D eigenvalue weighted by Gasteiger charge is 2.20. The van der Waals surface area contributed by atoms with Crippen molar-refractivity contribution in [2.75, 3.05) is 19.0 Å². The zero-order valence-corrected chi connectivity index (χ0v) is 17.8. The molecule has 2 amide bonds. The second-order valence-corrected chi connectivity index (χ2v) is 6.95. The van der Waals surface area contributed by atoms with Crippen molar-refractivity contribution in [3.63, 3.8) is 0 Å². The molecule has 3 aromatic rings. The largest absolute Gasteiger partial charge is 0.484 e. The van der Waals surface area contributed by atoms with Gasteiger partial charge in [0.05, 0.1) is 10.0 Å². The number of nitrogens with zero attached hydrogens (tertiary/aromatic N) is 3. The van der Waals surface area contributed by atoms with Gasteiger partial charge in [0, 0.05) is 25.2 Å². The number of rotatable bonds is 7. The lowest BCUT2D eigenvalue weighted by atomic mass is 10.3. The number of aryl methyl sites for hydroxylation is 1. The second kappa shape index (κ2) is 9.60. The molecule has 10 heteroatoms. The van der Waals surface area contributed by atoms with Gasteiger partial charge in [-0.05, 0) is 24.3 Å². The van der Waals surface area contributed by atoms with Gasteiger partial charge in [-0.3, -0.25) is 9.59 Å². The van der Waals surface area contributed by atoms with Gasteiger partial charge < -0.3 is 15.4 Å². The highest BCUT2D eigenvalue weighted by molar-refractivity contribution is 6.37. The normalized spacial score (nSPS) is 10.5. The summed E-state index contributed by atoms with van der Waals surface area (Å²) in [6.45, 7) is 1.76. The van der Waals surface area contributed by atoms with Crippen molar-refractivity contribution in [3.05, 3.63) is 64.2 Å². The maximum atomic E-state index is 12.7. The summed E-state index contributed by atoms with van der Waals surface area (Å²) in [5.74, 6) is 0.184. The van der Waals surface area contributed by atoms with Crippen LogP contribution < -0.4 is 15.4 Å². The van der Waals surface area contributed by atoms with Crippen molar-refractivity contribution >= 4 is 40.7 Å². The van der Waals surface area contributed by atoms with Crippen LogP contribution in [0.1, 0.15) is 23.4 Å². The Morgan fingerprint density at radius 1 is 1.13 bits per heavy atom. The van der Waals surface area contributed by atoms with Gasteiger partial charge in [-0.15, -0.1) is 5.10 Å². The number of halogens is 2. The monoisotopic (exact) mass is 447 g/mol. The molecule has 0 saturated carbocycles. The third-order valence-electron chi connectivity index (χ3n) is 4.08. The van der Waals surface area contributed by atoms with Gasteiger partial charge in [-0.1, -0.05) is 42.3 Å². The van der Waals surface area contributed by atoms with E-state index in [4.69, 9.17) is 27.9 Å². The Morgan fingerprint density at radius 2 is 1.83 bits per heavy atom. The zero-order valence-electron chi connectivity index (χ0n) is 16.3. The summed E-state index contributed by atoms with van der Waals surface area (Å²) in [4.78, 5) is 28.3. The molecule has 156 valence electrons. The van der Waals surface area contributed by atoms with Crippen molar-refractivity contribution < 1.29 is 14.3 Å². The topological polar surface area (TPSA) is 98.1 Å². The first kappa shape index (κ1) is 21.6. The van der Waals surface area contributed by atoms with Crippen LogP contribution >= 0.6 is 23.2 Å². The zero-order chi connectivity index (χ0) is 21.7. The Bertz CT molecular complexity index is 1060. The molecule has 0 atom stereocenters. The van der Waals surface area contributed by atoms with E-state index in [1.54, 1.807) is 42.5 Å². The fraction of sp³-hybridized carbons (Fsp3) is 0.200. The molecule has 0 aliphatic rings. The van der Waals surface area contributed by atoms with Gasteiger partial charge in [0.15, 0.2) is 6.61 Å². The summed E-state index contributed by atoms with van der Waals surface area (Å²) in [6, 6.07) is 11.8. The maximum absolute atomic E-state index is 12.7. The van der Waals surface area contributed by atoms with Crippen molar-refractivity contribution in [1.29, 1.82) is 0 Å². The van der Waals surface area contributed by atoms with Gasteiger partial charge >= 0.3 is 0 Å². The number of likely N-dealkylation sites (N-methyl/N-ethyl adjacent to an activating group) is 1. The molecular formula is C20H19Cl2N5O3. The first-order chi connectivity index (χ1) is 14.4. The van der Waals surface area contributed by atoms with E-state index in [-0.39, 0.29) is 18.3 Å². The Hall–Kier alpha value is -3.10. The van der Waals surface area contributed by atoms with E-state index < -0.39 is 5.91 Å². The molecule has 1 aromatic heterocycles. The highest BCUT2D eigenvalue weighted by atomic mass is 35.5. The molecular weight excluding hydrogens is 429 g/mol. The molecule has 0 radical (unpaired) electrons. The van der Waals surface area contributed by atoms with Crippen LogP contribution in [-0.4, -0.2) is 40.2 Å². The minimum atomic E-state index is -0.505. The highest BCUT2D eigenvalue weighted by Crippen LogP contribution is 2.29. The van der Waals surface area contributed by atoms with Gasteiger partial charge in [0.2, 0.25) is 5.82 Å². The van der Waals surface area contributed by atoms with E-state index >= 15 is 0 Å². The summed E-state index contributed by atoms with van der Waals surface area (Å²) in [6.07, 6.45) is 0.519. The number of benzene rings is 2. The minimum Gasteiger partial charge on any atom is -0.484 e. The molecule has 0 fully saturated rings. The minimum absolute atomic E-state index is 0.0282. The number of aromatic nitrogens is 3. The number of anilines is 1. The Labute approximate surface area is 183 Å². The summed E-state index contributed by atoms with van der Waals surface area (Å²) in [5.41, 5.74) is 0.938. The Morgan fingerprint density at radius 3 is 2.50 bits per heavy atom. The van der Waals surface area contributed by atoms with Gasteiger partial charge in [-0.25, -0.2) is 9.67 Å². The molecule has 2 N–H and O–H groups in total. The van der Waals surface area contributed by atoms with Crippen molar-refractivity contribution in [2.24, 2.45) is 0 Å². The first-order valence-corrected chi connectivity index (χ1v) is 9.83. The SMILES string of the molecule is CCc1nc(C(=O)Nc2cccc(OCC(=O)NC)c2)nn1-c1c(Cl)cccc1Cl. The molecule has 8 nitrogen and oxygen atoms in total. The van der Waals surface area contributed by atoms with Gasteiger partial charge in [-0.2, -0.15) is 0 Å². The fourth-order valence-electron chi connectivity index (χ4n) is 2.61. The van der Waals surface area contributed by atoms with Crippen LogP contribution in [0.15, 0.2) is 42.5 Å². The van der Waals surface area contributed by atoms with Crippen LogP contribution in [0.5, 0.6) is 5.75 Å². The number of para-hydroxylation sites is 1. The number of hydrogen-bond acceptors (Lipinski definition) is 5. The number of carbonyl (C=O) groups is 2. The van der Waals surface area contributed by atoms with E-state index in [1.807, 2.05) is 6.92 Å². The smallest absolute Gasteiger partial charge is 0.295 e. The lowest BCUT2D eigenvalue weighted by molar-refractivity contribution is -0.122. The molecule has 0 aliphatic carbocycles. The number of hydrogen-bond donors (Lipinski definition) is 2. The van der Waals surface area contributed by atoms with E-state index in [0.717, 1.165) is 0 Å². The Balaban J connectivity index is 1.82. The molecule has 2 aromatic carbocycles. The van der Waals surface area contributed by atoms with Gasteiger partial charge in [0.25, 0.3) is 11.8 Å². The summed E-state index contributed by atoms with van der Waals surface area (Å²) < 4.78 is 6.86. The number of amides is 2. The molecule has 0 bridgehead atoms. The van der Waals surface area contributed by atoms with E-state index in [2.05, 4.69) is 20.7 Å². The predicted molar refractivity (Wildman–Crippen MR) is 115 cm³/mol. The maximum Gasteiger partial charge on any atom is 0.295 e. The lowest BCUT2D eigenvalue weighted by Crippen LogP contribution is -2.24. The van der Waals surface area contributed by atoms with E-state index in [0.29, 0.717) is 39.4 Å². The van der Waals surface area contributed by atoms with Crippen LogP contribution in [0, 0.1) is 0 Å². The number of carbonyl (C=O) groups excluding carboxylic acids is 2. The van der Waals surface area contributed by atoms with Gasteiger partial charge in [0.1, 0.15) is 17.3 Å². The first-order valence-electron chi connectivity index (χ1n) is 9.08. The Kier molecular flexibility index (Phi) is 6.91. The van der Waals surface area contributed by atoms with E-state index in [1.165, 1.54) is 11.7 Å². The van der Waals surface area contributed by atoms with Crippen LogP contribution in [0.3, 0.4) is 0 Å². The standard InChI is InChI=1S/C20H19Cl2N5O3/c1-3-16-25-19(26-27(16)18-14(21)8-5-9-15(18)22)20(29)24-12-6-4-7-13(10-12)30-11-17(28)23-2/h4-10H,3,11H2,1-2H3,(H,23,28)(H,24,29). The fourth-order valence-corrected chi connectivity index (χ4v) is 3.17.